The molecule has 1 amide bonds. The van der Waals surface area contributed by atoms with Crippen LogP contribution in [0.4, 0.5) is 0 Å². The lowest BCUT2D eigenvalue weighted by atomic mass is 9.88. The Morgan fingerprint density at radius 3 is 3.00 bits per heavy atom. The van der Waals surface area contributed by atoms with E-state index < -0.39 is 0 Å². The van der Waals surface area contributed by atoms with Gasteiger partial charge in [-0.2, -0.15) is 0 Å². The van der Waals surface area contributed by atoms with Gasteiger partial charge in [0.1, 0.15) is 6.04 Å². The average Bonchev–Trinajstić information content (AvgIpc) is 3.23. The van der Waals surface area contributed by atoms with Crippen LogP contribution in [0.2, 0.25) is 5.02 Å². The molecule has 0 aromatic heterocycles. The summed E-state index contributed by atoms with van der Waals surface area (Å²) < 4.78 is 0. The van der Waals surface area contributed by atoms with Crippen molar-refractivity contribution >= 4 is 17.5 Å². The molecular formula is C18H25ClN4O. The van der Waals surface area contributed by atoms with Crippen molar-refractivity contribution in [1.29, 1.82) is 0 Å². The molecule has 6 heteroatoms. The summed E-state index contributed by atoms with van der Waals surface area (Å²) in [6, 6.07) is 8.52. The highest BCUT2D eigenvalue weighted by Gasteiger charge is 2.44. The number of amides is 1. The van der Waals surface area contributed by atoms with Crippen molar-refractivity contribution in [1.82, 2.24) is 21.1 Å². The number of hydrazine groups is 1. The zero-order valence-electron chi connectivity index (χ0n) is 13.8. The summed E-state index contributed by atoms with van der Waals surface area (Å²) in [5.41, 5.74) is 7.73. The molecule has 0 saturated carbocycles. The fourth-order valence-electron chi connectivity index (χ4n) is 4.40. The fourth-order valence-corrected chi connectivity index (χ4v) is 4.61. The van der Waals surface area contributed by atoms with Crippen LogP contribution < -0.4 is 16.2 Å². The zero-order chi connectivity index (χ0) is 16.5. The van der Waals surface area contributed by atoms with Crippen LogP contribution in [0, 0.1) is 5.92 Å². The average molecular weight is 349 g/mol. The Morgan fingerprint density at radius 2 is 2.12 bits per heavy atom. The number of piperidine rings is 1. The van der Waals surface area contributed by atoms with E-state index in [4.69, 9.17) is 11.6 Å². The number of halogens is 1. The van der Waals surface area contributed by atoms with Gasteiger partial charge in [0.25, 0.3) is 0 Å². The molecule has 0 aliphatic carbocycles. The predicted molar refractivity (Wildman–Crippen MR) is 94.7 cm³/mol. The summed E-state index contributed by atoms with van der Waals surface area (Å²) in [4.78, 5) is 15.2. The first-order chi connectivity index (χ1) is 11.7. The number of nitrogens with zero attached hydrogens (tertiary/aromatic N) is 1. The van der Waals surface area contributed by atoms with E-state index in [1.54, 1.807) is 0 Å². The summed E-state index contributed by atoms with van der Waals surface area (Å²) >= 11 is 6.31. The Hall–Kier alpha value is -1.14. The highest BCUT2D eigenvalue weighted by molar-refractivity contribution is 6.31. The van der Waals surface area contributed by atoms with Crippen LogP contribution >= 0.6 is 11.6 Å². The van der Waals surface area contributed by atoms with E-state index in [-0.39, 0.29) is 18.0 Å². The minimum absolute atomic E-state index is 0.116. The van der Waals surface area contributed by atoms with Crippen molar-refractivity contribution in [3.8, 4) is 0 Å². The van der Waals surface area contributed by atoms with E-state index in [1.807, 2.05) is 18.2 Å². The smallest absolute Gasteiger partial charge is 0.241 e. The molecule has 24 heavy (non-hydrogen) atoms. The summed E-state index contributed by atoms with van der Waals surface area (Å²) in [5.74, 6) is 0.584. The lowest BCUT2D eigenvalue weighted by Crippen LogP contribution is -2.52. The SMILES string of the molecule is O=C(C1NNC2CCNCC21)N1CCCC1Cc1ccccc1Cl. The number of nitrogens with one attached hydrogen (secondary N) is 3. The van der Waals surface area contributed by atoms with Crippen LogP contribution in [0.25, 0.3) is 0 Å². The first kappa shape index (κ1) is 16.3. The summed E-state index contributed by atoms with van der Waals surface area (Å²) in [6.45, 7) is 2.79. The normalized spacial score (nSPS) is 32.8. The quantitative estimate of drug-likeness (QED) is 0.771. The third kappa shape index (κ3) is 3.06. The van der Waals surface area contributed by atoms with Gasteiger partial charge < -0.3 is 10.2 Å². The van der Waals surface area contributed by atoms with Gasteiger partial charge in [-0.15, -0.1) is 0 Å². The van der Waals surface area contributed by atoms with Gasteiger partial charge in [-0.05, 0) is 43.9 Å². The van der Waals surface area contributed by atoms with E-state index in [0.29, 0.717) is 12.0 Å². The minimum Gasteiger partial charge on any atom is -0.338 e. The lowest BCUT2D eigenvalue weighted by molar-refractivity contribution is -0.135. The topological polar surface area (TPSA) is 56.4 Å². The molecule has 3 heterocycles. The van der Waals surface area contributed by atoms with Gasteiger partial charge in [0.05, 0.1) is 0 Å². The van der Waals surface area contributed by atoms with Crippen LogP contribution in [0.3, 0.4) is 0 Å². The first-order valence-corrected chi connectivity index (χ1v) is 9.37. The second kappa shape index (κ2) is 7.00. The van der Waals surface area contributed by atoms with Gasteiger partial charge in [0.15, 0.2) is 0 Å². The molecule has 5 nitrogen and oxygen atoms in total. The highest BCUT2D eigenvalue weighted by Crippen LogP contribution is 2.28. The number of hydrogen-bond donors (Lipinski definition) is 3. The molecule has 3 aliphatic heterocycles. The number of carbonyl (C=O) groups excluding carboxylic acids is 1. The van der Waals surface area contributed by atoms with Crippen molar-refractivity contribution < 1.29 is 4.79 Å². The van der Waals surface area contributed by atoms with Crippen molar-refractivity contribution in [2.24, 2.45) is 5.92 Å². The van der Waals surface area contributed by atoms with Crippen LogP contribution in [0.15, 0.2) is 24.3 Å². The van der Waals surface area contributed by atoms with Crippen molar-refractivity contribution in [2.45, 2.75) is 43.8 Å². The number of carbonyl (C=O) groups is 1. The van der Waals surface area contributed by atoms with E-state index in [9.17, 15) is 4.79 Å². The Kier molecular flexibility index (Phi) is 4.77. The van der Waals surface area contributed by atoms with Crippen LogP contribution in [0.1, 0.15) is 24.8 Å². The molecule has 3 aliphatic rings. The standard InChI is InChI=1S/C18H25ClN4O/c19-15-6-2-1-4-12(15)10-13-5-3-9-23(13)18(24)17-14-11-20-8-7-16(14)21-22-17/h1-2,4,6,13-14,16-17,20-22H,3,5,7-11H2. The maximum Gasteiger partial charge on any atom is 0.241 e. The second-order valence-corrected chi connectivity index (χ2v) is 7.56. The Balaban J connectivity index is 1.46. The maximum atomic E-state index is 13.2. The number of hydrogen-bond acceptors (Lipinski definition) is 4. The summed E-state index contributed by atoms with van der Waals surface area (Å²) in [7, 11) is 0. The maximum absolute atomic E-state index is 13.2. The third-order valence-electron chi connectivity index (χ3n) is 5.72. The first-order valence-electron chi connectivity index (χ1n) is 8.99. The monoisotopic (exact) mass is 348 g/mol. The van der Waals surface area contributed by atoms with Gasteiger partial charge in [0.2, 0.25) is 5.91 Å². The molecule has 1 aromatic carbocycles. The number of likely N-dealkylation sites (tertiary alicyclic amines) is 1. The van der Waals surface area contributed by atoms with Crippen LogP contribution in [0.5, 0.6) is 0 Å². The molecule has 0 spiro atoms. The molecule has 0 bridgehead atoms. The predicted octanol–water partition coefficient (Wildman–Crippen LogP) is 1.33. The lowest BCUT2D eigenvalue weighted by Gasteiger charge is -2.32. The minimum atomic E-state index is -0.116. The van der Waals surface area contributed by atoms with Gasteiger partial charge >= 0.3 is 0 Å². The third-order valence-corrected chi connectivity index (χ3v) is 6.09. The Morgan fingerprint density at radius 1 is 1.25 bits per heavy atom. The molecule has 0 radical (unpaired) electrons. The molecule has 4 rings (SSSR count). The highest BCUT2D eigenvalue weighted by atomic mass is 35.5. The molecule has 3 saturated heterocycles. The van der Waals surface area contributed by atoms with Crippen LogP contribution in [-0.4, -0.2) is 48.6 Å². The number of fused-ring (bicyclic) bond motifs is 1. The van der Waals surface area contributed by atoms with E-state index >= 15 is 0 Å². The van der Waals surface area contributed by atoms with Crippen molar-refractivity contribution in [3.63, 3.8) is 0 Å². The Labute approximate surface area is 148 Å². The number of benzene rings is 1. The molecule has 4 unspecified atom stereocenters. The summed E-state index contributed by atoms with van der Waals surface area (Å²) in [6.07, 6.45) is 4.05. The largest absolute Gasteiger partial charge is 0.338 e. The van der Waals surface area contributed by atoms with Gasteiger partial charge in [-0.1, -0.05) is 29.8 Å². The van der Waals surface area contributed by atoms with E-state index in [2.05, 4.69) is 27.1 Å². The van der Waals surface area contributed by atoms with Gasteiger partial charge in [-0.3, -0.25) is 10.2 Å². The molecule has 3 fully saturated rings. The van der Waals surface area contributed by atoms with Crippen LogP contribution in [-0.2, 0) is 11.2 Å². The van der Waals surface area contributed by atoms with E-state index in [1.165, 1.54) is 0 Å². The Bertz CT molecular complexity index is 610. The molecule has 3 N–H and O–H groups in total. The fraction of sp³-hybridized carbons (Fsp3) is 0.611. The van der Waals surface area contributed by atoms with E-state index in [0.717, 1.165) is 55.9 Å². The van der Waals surface area contributed by atoms with Crippen molar-refractivity contribution in [2.75, 3.05) is 19.6 Å². The molecule has 4 atom stereocenters. The summed E-state index contributed by atoms with van der Waals surface area (Å²) in [5, 5.41) is 4.22. The molecule has 130 valence electrons. The van der Waals surface area contributed by atoms with Gasteiger partial charge in [0, 0.05) is 36.1 Å². The van der Waals surface area contributed by atoms with Gasteiger partial charge in [-0.25, -0.2) is 5.43 Å². The molecular weight excluding hydrogens is 324 g/mol. The molecule has 1 aromatic rings. The number of rotatable bonds is 3. The second-order valence-electron chi connectivity index (χ2n) is 7.15. The van der Waals surface area contributed by atoms with Crippen molar-refractivity contribution in [3.05, 3.63) is 34.9 Å². The zero-order valence-corrected chi connectivity index (χ0v) is 14.6.